The summed E-state index contributed by atoms with van der Waals surface area (Å²) in [6.45, 7) is 2.00. The van der Waals surface area contributed by atoms with Gasteiger partial charge in [-0.05, 0) is 18.4 Å². The summed E-state index contributed by atoms with van der Waals surface area (Å²) >= 11 is 1.63. The number of thiophene rings is 1. The Balaban J connectivity index is 2.24. The zero-order valence-corrected chi connectivity index (χ0v) is 11.4. The Kier molecular flexibility index (Phi) is 3.38. The summed E-state index contributed by atoms with van der Waals surface area (Å²) in [5.74, 6) is -0.117. The van der Waals surface area contributed by atoms with Gasteiger partial charge in [0.05, 0.1) is 17.9 Å². The van der Waals surface area contributed by atoms with E-state index in [0.29, 0.717) is 11.4 Å². The van der Waals surface area contributed by atoms with Crippen LogP contribution in [0.5, 0.6) is 0 Å². The smallest absolute Gasteiger partial charge is 0.274 e. The van der Waals surface area contributed by atoms with Gasteiger partial charge in [-0.3, -0.25) is 9.48 Å². The van der Waals surface area contributed by atoms with Crippen molar-refractivity contribution in [2.24, 2.45) is 7.05 Å². The SMILES string of the molecule is CC(c1cccs1)N(C)C(=O)c1c(N)cnn1C. The fraction of sp³-hybridized carbons (Fsp3) is 0.333. The van der Waals surface area contributed by atoms with Gasteiger partial charge in [-0.2, -0.15) is 5.10 Å². The van der Waals surface area contributed by atoms with Crippen LogP contribution in [0.4, 0.5) is 5.69 Å². The highest BCUT2D eigenvalue weighted by Crippen LogP contribution is 2.25. The van der Waals surface area contributed by atoms with E-state index in [1.807, 2.05) is 24.4 Å². The maximum absolute atomic E-state index is 12.4. The van der Waals surface area contributed by atoms with Crippen LogP contribution in [-0.2, 0) is 7.05 Å². The molecule has 0 aliphatic rings. The monoisotopic (exact) mass is 264 g/mol. The molecule has 2 aromatic rings. The van der Waals surface area contributed by atoms with Crippen molar-refractivity contribution < 1.29 is 4.79 Å². The molecule has 2 aromatic heterocycles. The highest BCUT2D eigenvalue weighted by atomic mass is 32.1. The van der Waals surface area contributed by atoms with Crippen LogP contribution in [0.1, 0.15) is 28.3 Å². The molecule has 1 unspecified atom stereocenters. The van der Waals surface area contributed by atoms with E-state index in [1.54, 1.807) is 30.3 Å². The molecule has 96 valence electrons. The normalized spacial score (nSPS) is 12.4. The molecule has 1 amide bonds. The maximum atomic E-state index is 12.4. The molecule has 18 heavy (non-hydrogen) atoms. The van der Waals surface area contributed by atoms with Crippen LogP contribution in [0.2, 0.25) is 0 Å². The summed E-state index contributed by atoms with van der Waals surface area (Å²) in [6, 6.07) is 4.02. The average molecular weight is 264 g/mol. The topological polar surface area (TPSA) is 64.2 Å². The van der Waals surface area contributed by atoms with E-state index < -0.39 is 0 Å². The van der Waals surface area contributed by atoms with Gasteiger partial charge in [-0.15, -0.1) is 11.3 Å². The molecule has 2 rings (SSSR count). The predicted octanol–water partition coefficient (Wildman–Crippen LogP) is 1.90. The molecule has 0 fully saturated rings. The number of aromatic nitrogens is 2. The predicted molar refractivity (Wildman–Crippen MR) is 72.4 cm³/mol. The number of nitrogens with two attached hydrogens (primary N) is 1. The molecule has 0 saturated heterocycles. The minimum absolute atomic E-state index is 0.0202. The van der Waals surface area contributed by atoms with Crippen molar-refractivity contribution in [2.75, 3.05) is 12.8 Å². The van der Waals surface area contributed by atoms with Gasteiger partial charge >= 0.3 is 0 Å². The third-order valence-corrected chi connectivity index (χ3v) is 4.07. The molecule has 0 aliphatic carbocycles. The Morgan fingerprint density at radius 1 is 1.61 bits per heavy atom. The number of carbonyl (C=O) groups excluding carboxylic acids is 1. The lowest BCUT2D eigenvalue weighted by molar-refractivity contribution is 0.0735. The fourth-order valence-corrected chi connectivity index (χ4v) is 2.61. The summed E-state index contributed by atoms with van der Waals surface area (Å²) in [5, 5.41) is 5.99. The van der Waals surface area contributed by atoms with Crippen molar-refractivity contribution in [1.82, 2.24) is 14.7 Å². The van der Waals surface area contributed by atoms with E-state index >= 15 is 0 Å². The van der Waals surface area contributed by atoms with E-state index in [4.69, 9.17) is 5.73 Å². The molecular weight excluding hydrogens is 248 g/mol. The zero-order valence-electron chi connectivity index (χ0n) is 10.6. The van der Waals surface area contributed by atoms with E-state index in [0.717, 1.165) is 4.88 Å². The average Bonchev–Trinajstić information content (AvgIpc) is 2.97. The third kappa shape index (κ3) is 2.11. The minimum atomic E-state index is -0.117. The number of hydrogen-bond donors (Lipinski definition) is 1. The number of nitrogens with zero attached hydrogens (tertiary/aromatic N) is 3. The first kappa shape index (κ1) is 12.6. The molecule has 0 aliphatic heterocycles. The summed E-state index contributed by atoms with van der Waals surface area (Å²) in [4.78, 5) is 15.2. The lowest BCUT2D eigenvalue weighted by atomic mass is 10.2. The third-order valence-electron chi connectivity index (χ3n) is 3.03. The van der Waals surface area contributed by atoms with Gasteiger partial charge in [0, 0.05) is 19.0 Å². The van der Waals surface area contributed by atoms with Crippen molar-refractivity contribution in [3.8, 4) is 0 Å². The Labute approximate surface area is 110 Å². The molecule has 1 atom stereocenters. The van der Waals surface area contributed by atoms with Crippen molar-refractivity contribution in [2.45, 2.75) is 13.0 Å². The number of carbonyl (C=O) groups is 1. The molecule has 6 heteroatoms. The number of anilines is 1. The maximum Gasteiger partial charge on any atom is 0.274 e. The highest BCUT2D eigenvalue weighted by molar-refractivity contribution is 7.10. The van der Waals surface area contributed by atoms with Gasteiger partial charge in [0.1, 0.15) is 5.69 Å². The molecular formula is C12H16N4OS. The van der Waals surface area contributed by atoms with Gasteiger partial charge in [-0.1, -0.05) is 6.07 Å². The van der Waals surface area contributed by atoms with Crippen molar-refractivity contribution in [3.63, 3.8) is 0 Å². The van der Waals surface area contributed by atoms with Gasteiger partial charge < -0.3 is 10.6 Å². The molecule has 2 heterocycles. The molecule has 0 radical (unpaired) electrons. The molecule has 0 saturated carbocycles. The quantitative estimate of drug-likeness (QED) is 0.920. The van der Waals surface area contributed by atoms with Crippen LogP contribution >= 0.6 is 11.3 Å². The Morgan fingerprint density at radius 3 is 2.83 bits per heavy atom. The number of nitrogen functional groups attached to an aromatic ring is 1. The Morgan fingerprint density at radius 2 is 2.33 bits per heavy atom. The lowest BCUT2D eigenvalue weighted by Crippen LogP contribution is -2.31. The molecule has 0 spiro atoms. The van der Waals surface area contributed by atoms with Gasteiger partial charge in [0.2, 0.25) is 0 Å². The number of hydrogen-bond acceptors (Lipinski definition) is 4. The van der Waals surface area contributed by atoms with Gasteiger partial charge in [0.15, 0.2) is 0 Å². The molecule has 5 nitrogen and oxygen atoms in total. The highest BCUT2D eigenvalue weighted by Gasteiger charge is 2.23. The molecule has 0 aromatic carbocycles. The van der Waals surface area contributed by atoms with Crippen LogP contribution in [0, 0.1) is 0 Å². The fourth-order valence-electron chi connectivity index (χ4n) is 1.78. The number of amides is 1. The Hall–Kier alpha value is -1.82. The summed E-state index contributed by atoms with van der Waals surface area (Å²) < 4.78 is 1.51. The standard InChI is InChI=1S/C12H16N4OS/c1-8(10-5-4-6-18-10)15(2)12(17)11-9(13)7-14-16(11)3/h4-8H,13H2,1-3H3. The van der Waals surface area contributed by atoms with Crippen LogP contribution in [-0.4, -0.2) is 27.6 Å². The van der Waals surface area contributed by atoms with E-state index in [9.17, 15) is 4.79 Å². The van der Waals surface area contributed by atoms with E-state index in [-0.39, 0.29) is 11.9 Å². The van der Waals surface area contributed by atoms with Crippen molar-refractivity contribution in [1.29, 1.82) is 0 Å². The number of rotatable bonds is 3. The first-order valence-electron chi connectivity index (χ1n) is 5.60. The Bertz CT molecular complexity index is 527. The van der Waals surface area contributed by atoms with Gasteiger partial charge in [-0.25, -0.2) is 0 Å². The van der Waals surface area contributed by atoms with Crippen LogP contribution in [0.25, 0.3) is 0 Å². The van der Waals surface area contributed by atoms with Crippen LogP contribution in [0.15, 0.2) is 23.7 Å². The summed E-state index contributed by atoms with van der Waals surface area (Å²) in [7, 11) is 3.49. The lowest BCUT2D eigenvalue weighted by Gasteiger charge is -2.24. The summed E-state index contributed by atoms with van der Waals surface area (Å²) in [5.41, 5.74) is 6.61. The second-order valence-corrected chi connectivity index (χ2v) is 5.16. The zero-order chi connectivity index (χ0) is 13.3. The first-order chi connectivity index (χ1) is 8.52. The second kappa shape index (κ2) is 4.81. The van der Waals surface area contributed by atoms with E-state index in [2.05, 4.69) is 5.10 Å². The van der Waals surface area contributed by atoms with Crippen LogP contribution in [0.3, 0.4) is 0 Å². The van der Waals surface area contributed by atoms with Crippen molar-refractivity contribution in [3.05, 3.63) is 34.3 Å². The van der Waals surface area contributed by atoms with Crippen molar-refractivity contribution >= 4 is 22.9 Å². The summed E-state index contributed by atoms with van der Waals surface area (Å²) in [6.07, 6.45) is 1.50. The largest absolute Gasteiger partial charge is 0.396 e. The van der Waals surface area contributed by atoms with E-state index in [1.165, 1.54) is 10.9 Å². The molecule has 2 N–H and O–H groups in total. The number of aryl methyl sites for hydroxylation is 1. The minimum Gasteiger partial charge on any atom is -0.396 e. The van der Waals surface area contributed by atoms with Crippen LogP contribution < -0.4 is 5.73 Å². The van der Waals surface area contributed by atoms with Gasteiger partial charge in [0.25, 0.3) is 5.91 Å². The second-order valence-electron chi connectivity index (χ2n) is 4.18. The molecule has 0 bridgehead atoms. The first-order valence-corrected chi connectivity index (χ1v) is 6.48.